The van der Waals surface area contributed by atoms with E-state index in [2.05, 4.69) is 39.8 Å². The Morgan fingerprint density at radius 3 is 2.64 bits per heavy atom. The van der Waals surface area contributed by atoms with Gasteiger partial charge in [-0.15, -0.1) is 10.2 Å². The van der Waals surface area contributed by atoms with Crippen LogP contribution in [0.25, 0.3) is 5.69 Å². The van der Waals surface area contributed by atoms with Gasteiger partial charge in [-0.3, -0.25) is 4.79 Å². The molecule has 3 aromatic rings. The van der Waals surface area contributed by atoms with Gasteiger partial charge >= 0.3 is 0 Å². The quantitative estimate of drug-likeness (QED) is 0.535. The van der Waals surface area contributed by atoms with Crippen LogP contribution >= 0.6 is 23.1 Å². The summed E-state index contributed by atoms with van der Waals surface area (Å²) >= 11 is 2.85. The molecule has 0 unspecified atom stereocenters. The molecule has 0 saturated heterocycles. The van der Waals surface area contributed by atoms with Crippen molar-refractivity contribution in [1.29, 1.82) is 0 Å². The Morgan fingerprint density at radius 1 is 1.18 bits per heavy atom. The van der Waals surface area contributed by atoms with Crippen molar-refractivity contribution < 1.29 is 4.79 Å². The first-order valence-electron chi connectivity index (χ1n) is 9.11. The fourth-order valence-electron chi connectivity index (χ4n) is 2.64. The molecule has 0 aliphatic heterocycles. The zero-order valence-corrected chi connectivity index (χ0v) is 18.1. The van der Waals surface area contributed by atoms with Gasteiger partial charge in [0.15, 0.2) is 4.34 Å². The molecule has 28 heavy (non-hydrogen) atoms. The molecule has 0 spiro atoms. The summed E-state index contributed by atoms with van der Waals surface area (Å²) in [5, 5.41) is 19.7. The molecular formula is C19H24N6OS2. The average Bonchev–Trinajstić information content (AvgIpc) is 3.25. The van der Waals surface area contributed by atoms with Crippen LogP contribution in [0.5, 0.6) is 0 Å². The number of thioether (sulfide) groups is 1. The molecule has 0 atom stereocenters. The number of hydrogen-bond acceptors (Lipinski definition) is 7. The third kappa shape index (κ3) is 4.90. The first-order chi connectivity index (χ1) is 13.5. The van der Waals surface area contributed by atoms with Crippen LogP contribution in [0.3, 0.4) is 0 Å². The van der Waals surface area contributed by atoms with Crippen molar-refractivity contribution in [3.05, 3.63) is 41.2 Å². The zero-order chi connectivity index (χ0) is 20.1. The first kappa shape index (κ1) is 20.3. The zero-order valence-electron chi connectivity index (χ0n) is 16.4. The number of aryl methyl sites for hydroxylation is 2. The second-order valence-electron chi connectivity index (χ2n) is 6.43. The van der Waals surface area contributed by atoms with Crippen molar-refractivity contribution in [2.45, 2.75) is 38.5 Å². The number of amides is 1. The van der Waals surface area contributed by atoms with Gasteiger partial charge in [0.2, 0.25) is 11.0 Å². The maximum atomic E-state index is 12.4. The van der Waals surface area contributed by atoms with E-state index in [1.165, 1.54) is 28.7 Å². The Morgan fingerprint density at radius 2 is 1.93 bits per heavy atom. The van der Waals surface area contributed by atoms with Gasteiger partial charge in [-0.05, 0) is 39.3 Å². The third-order valence-electron chi connectivity index (χ3n) is 4.09. The highest BCUT2D eigenvalue weighted by atomic mass is 32.2. The van der Waals surface area contributed by atoms with E-state index in [1.807, 2.05) is 42.8 Å². The standard InChI is InChI=1S/C19H24N6OS2/c1-5-10-20-18-22-23-19(28-18)27-11-16(26)21-17-13(3)24-25(14(17)4)15-8-6-12(2)7-9-15/h6-9H,5,10-11H2,1-4H3,(H,20,22)(H,21,26). The number of nitrogens with zero attached hydrogens (tertiary/aromatic N) is 4. The number of rotatable bonds is 8. The predicted molar refractivity (Wildman–Crippen MR) is 116 cm³/mol. The van der Waals surface area contributed by atoms with Gasteiger partial charge in [0.05, 0.1) is 28.5 Å². The molecule has 3 rings (SSSR count). The number of nitrogens with one attached hydrogen (secondary N) is 2. The molecule has 0 bridgehead atoms. The van der Waals surface area contributed by atoms with Crippen LogP contribution < -0.4 is 10.6 Å². The molecule has 9 heteroatoms. The Bertz CT molecular complexity index is 948. The van der Waals surface area contributed by atoms with E-state index >= 15 is 0 Å². The summed E-state index contributed by atoms with van der Waals surface area (Å²) in [4.78, 5) is 12.4. The van der Waals surface area contributed by atoms with E-state index in [1.54, 1.807) is 0 Å². The summed E-state index contributed by atoms with van der Waals surface area (Å²) in [6.07, 6.45) is 1.03. The van der Waals surface area contributed by atoms with Crippen molar-refractivity contribution in [2.75, 3.05) is 22.9 Å². The fourth-order valence-corrected chi connectivity index (χ4v) is 4.21. The second kappa shape index (κ2) is 9.20. The Kier molecular flexibility index (Phi) is 6.69. The van der Waals surface area contributed by atoms with Gasteiger partial charge in [0.1, 0.15) is 0 Å². The highest BCUT2D eigenvalue weighted by molar-refractivity contribution is 8.01. The van der Waals surface area contributed by atoms with Crippen LogP contribution in [0.15, 0.2) is 28.6 Å². The summed E-state index contributed by atoms with van der Waals surface area (Å²) in [7, 11) is 0. The molecule has 0 radical (unpaired) electrons. The lowest BCUT2D eigenvalue weighted by molar-refractivity contribution is -0.113. The number of hydrogen-bond donors (Lipinski definition) is 2. The minimum atomic E-state index is -0.0853. The van der Waals surface area contributed by atoms with Gasteiger partial charge in [0.25, 0.3) is 0 Å². The van der Waals surface area contributed by atoms with Crippen LogP contribution in [-0.2, 0) is 4.79 Å². The van der Waals surface area contributed by atoms with Gasteiger partial charge in [-0.2, -0.15) is 5.10 Å². The third-order valence-corrected chi connectivity index (χ3v) is 6.11. The summed E-state index contributed by atoms with van der Waals surface area (Å²) in [5.41, 5.74) is 4.62. The van der Waals surface area contributed by atoms with E-state index in [4.69, 9.17) is 0 Å². The van der Waals surface area contributed by atoms with E-state index in [0.717, 1.165) is 45.2 Å². The number of aromatic nitrogens is 4. The number of benzene rings is 1. The normalized spacial score (nSPS) is 10.9. The van der Waals surface area contributed by atoms with Gasteiger partial charge in [-0.1, -0.05) is 47.7 Å². The fraction of sp³-hybridized carbons (Fsp3) is 0.368. The lowest BCUT2D eigenvalue weighted by Gasteiger charge is -2.07. The van der Waals surface area contributed by atoms with Crippen molar-refractivity contribution >= 4 is 39.8 Å². The number of carbonyl (C=O) groups is 1. The van der Waals surface area contributed by atoms with E-state index in [9.17, 15) is 4.79 Å². The van der Waals surface area contributed by atoms with Crippen LogP contribution in [0, 0.1) is 20.8 Å². The largest absolute Gasteiger partial charge is 0.360 e. The molecule has 0 aliphatic carbocycles. The number of anilines is 2. The maximum Gasteiger partial charge on any atom is 0.234 e. The summed E-state index contributed by atoms with van der Waals surface area (Å²) in [6.45, 7) is 8.87. The van der Waals surface area contributed by atoms with E-state index in [0.29, 0.717) is 0 Å². The summed E-state index contributed by atoms with van der Waals surface area (Å²) in [6, 6.07) is 8.14. The van der Waals surface area contributed by atoms with Crippen LogP contribution in [0.1, 0.15) is 30.3 Å². The van der Waals surface area contributed by atoms with E-state index in [-0.39, 0.29) is 11.7 Å². The smallest absolute Gasteiger partial charge is 0.234 e. The molecule has 1 aromatic carbocycles. The average molecular weight is 417 g/mol. The molecular weight excluding hydrogens is 392 g/mol. The lowest BCUT2D eigenvalue weighted by Crippen LogP contribution is -2.15. The molecule has 7 nitrogen and oxygen atoms in total. The molecule has 0 fully saturated rings. The Hall–Kier alpha value is -2.39. The lowest BCUT2D eigenvalue weighted by atomic mass is 10.2. The monoisotopic (exact) mass is 416 g/mol. The number of carbonyl (C=O) groups excluding carboxylic acids is 1. The van der Waals surface area contributed by atoms with Crippen LogP contribution in [0.4, 0.5) is 10.8 Å². The predicted octanol–water partition coefficient (Wildman–Crippen LogP) is 4.20. The van der Waals surface area contributed by atoms with Crippen LogP contribution in [-0.4, -0.2) is 38.2 Å². The van der Waals surface area contributed by atoms with Gasteiger partial charge in [-0.25, -0.2) is 4.68 Å². The maximum absolute atomic E-state index is 12.4. The molecule has 0 saturated carbocycles. The molecule has 2 N–H and O–H groups in total. The molecule has 0 aliphatic rings. The van der Waals surface area contributed by atoms with E-state index < -0.39 is 0 Å². The molecule has 148 valence electrons. The molecule has 1 amide bonds. The SMILES string of the molecule is CCCNc1nnc(SCC(=O)Nc2c(C)nn(-c3ccc(C)cc3)c2C)s1. The van der Waals surface area contributed by atoms with Gasteiger partial charge in [0, 0.05) is 6.54 Å². The highest BCUT2D eigenvalue weighted by Crippen LogP contribution is 2.27. The van der Waals surface area contributed by atoms with Crippen LogP contribution in [0.2, 0.25) is 0 Å². The van der Waals surface area contributed by atoms with Crippen molar-refractivity contribution in [3.63, 3.8) is 0 Å². The Labute approximate surface area is 173 Å². The Balaban J connectivity index is 1.62. The first-order valence-corrected chi connectivity index (χ1v) is 10.9. The van der Waals surface area contributed by atoms with Crippen molar-refractivity contribution in [1.82, 2.24) is 20.0 Å². The highest BCUT2D eigenvalue weighted by Gasteiger charge is 2.16. The van der Waals surface area contributed by atoms with Crippen molar-refractivity contribution in [3.8, 4) is 5.69 Å². The minimum Gasteiger partial charge on any atom is -0.360 e. The summed E-state index contributed by atoms with van der Waals surface area (Å²) in [5.74, 6) is 0.190. The van der Waals surface area contributed by atoms with Crippen molar-refractivity contribution in [2.24, 2.45) is 0 Å². The topological polar surface area (TPSA) is 84.7 Å². The molecule has 2 aromatic heterocycles. The van der Waals surface area contributed by atoms with Gasteiger partial charge < -0.3 is 10.6 Å². The molecule has 2 heterocycles. The minimum absolute atomic E-state index is 0.0853. The second-order valence-corrected chi connectivity index (χ2v) is 8.63. The summed E-state index contributed by atoms with van der Waals surface area (Å²) < 4.78 is 2.63.